The lowest BCUT2D eigenvalue weighted by Gasteiger charge is -2.32. The summed E-state index contributed by atoms with van der Waals surface area (Å²) in [5.41, 5.74) is 0.627. The van der Waals surface area contributed by atoms with Crippen molar-refractivity contribution in [1.82, 2.24) is 14.9 Å². The highest BCUT2D eigenvalue weighted by Gasteiger charge is 2.25. The normalized spacial score (nSPS) is 15.6. The van der Waals surface area contributed by atoms with E-state index in [9.17, 15) is 4.79 Å². The van der Waals surface area contributed by atoms with E-state index in [2.05, 4.69) is 9.97 Å². The number of carbonyl (C=O) groups is 1. The Morgan fingerprint density at radius 2 is 2.09 bits per heavy atom. The van der Waals surface area contributed by atoms with Crippen LogP contribution in [0.2, 0.25) is 5.02 Å². The molecule has 0 radical (unpaired) electrons. The van der Waals surface area contributed by atoms with E-state index in [4.69, 9.17) is 16.3 Å². The maximum absolute atomic E-state index is 12.4. The van der Waals surface area contributed by atoms with E-state index < -0.39 is 0 Å². The highest BCUT2D eigenvalue weighted by molar-refractivity contribution is 6.30. The van der Waals surface area contributed by atoms with E-state index in [1.165, 1.54) is 6.33 Å². The largest absolute Gasteiger partial charge is 0.474 e. The fourth-order valence-corrected chi connectivity index (χ4v) is 2.69. The minimum Gasteiger partial charge on any atom is -0.474 e. The number of aromatic nitrogens is 2. The Bertz CT molecular complexity index is 643. The smallest absolute Gasteiger partial charge is 0.253 e. The molecular formula is C16H16ClN3O2. The number of hydrogen-bond donors (Lipinski definition) is 0. The third-order valence-corrected chi connectivity index (χ3v) is 3.88. The topological polar surface area (TPSA) is 55.3 Å². The minimum atomic E-state index is 0.0167. The lowest BCUT2D eigenvalue weighted by Crippen LogP contribution is -2.41. The number of amides is 1. The minimum absolute atomic E-state index is 0.0167. The molecule has 22 heavy (non-hydrogen) atoms. The summed E-state index contributed by atoms with van der Waals surface area (Å²) in [6, 6.07) is 8.79. The summed E-state index contributed by atoms with van der Waals surface area (Å²) >= 11 is 5.94. The highest BCUT2D eigenvalue weighted by Crippen LogP contribution is 2.19. The van der Waals surface area contributed by atoms with Crippen molar-refractivity contribution in [2.75, 3.05) is 13.1 Å². The Morgan fingerprint density at radius 3 is 2.77 bits per heavy atom. The quantitative estimate of drug-likeness (QED) is 0.873. The van der Waals surface area contributed by atoms with Crippen molar-refractivity contribution < 1.29 is 9.53 Å². The Hall–Kier alpha value is -2.14. The second-order valence-corrected chi connectivity index (χ2v) is 5.60. The monoisotopic (exact) mass is 317 g/mol. The first kappa shape index (κ1) is 14.8. The van der Waals surface area contributed by atoms with Gasteiger partial charge in [-0.3, -0.25) is 4.79 Å². The zero-order valence-electron chi connectivity index (χ0n) is 12.0. The predicted octanol–water partition coefficient (Wildman–Crippen LogP) is 2.81. The van der Waals surface area contributed by atoms with Gasteiger partial charge in [0.2, 0.25) is 5.88 Å². The molecule has 1 aliphatic heterocycles. The molecule has 114 valence electrons. The molecule has 2 aromatic rings. The molecule has 1 aliphatic rings. The molecule has 0 bridgehead atoms. The van der Waals surface area contributed by atoms with Crippen LogP contribution in [0, 0.1) is 0 Å². The number of carbonyl (C=O) groups excluding carboxylic acids is 1. The molecule has 0 atom stereocenters. The molecule has 2 heterocycles. The van der Waals surface area contributed by atoms with Crippen LogP contribution in [0.1, 0.15) is 23.2 Å². The highest BCUT2D eigenvalue weighted by atomic mass is 35.5. The summed E-state index contributed by atoms with van der Waals surface area (Å²) in [6.45, 7) is 1.34. The van der Waals surface area contributed by atoms with Gasteiger partial charge >= 0.3 is 0 Å². The van der Waals surface area contributed by atoms with Gasteiger partial charge in [0, 0.05) is 48.8 Å². The number of hydrogen-bond acceptors (Lipinski definition) is 4. The molecule has 1 fully saturated rings. The summed E-state index contributed by atoms with van der Waals surface area (Å²) in [7, 11) is 0. The SMILES string of the molecule is O=C(c1cccc(Cl)c1)N1CCC(Oc2ccncn2)CC1. The molecular weight excluding hydrogens is 302 g/mol. The number of likely N-dealkylation sites (tertiary alicyclic amines) is 1. The molecule has 6 heteroatoms. The van der Waals surface area contributed by atoms with Gasteiger partial charge in [0.1, 0.15) is 12.4 Å². The van der Waals surface area contributed by atoms with Gasteiger partial charge < -0.3 is 9.64 Å². The number of rotatable bonds is 3. The Kier molecular flexibility index (Phi) is 4.53. The zero-order valence-corrected chi connectivity index (χ0v) is 12.7. The first-order chi connectivity index (χ1) is 10.7. The summed E-state index contributed by atoms with van der Waals surface area (Å²) in [5, 5.41) is 0.577. The fourth-order valence-electron chi connectivity index (χ4n) is 2.50. The average Bonchev–Trinajstić information content (AvgIpc) is 2.56. The second kappa shape index (κ2) is 6.75. The Morgan fingerprint density at radius 1 is 1.27 bits per heavy atom. The van der Waals surface area contributed by atoms with Crippen LogP contribution in [0.3, 0.4) is 0 Å². The third kappa shape index (κ3) is 3.54. The van der Waals surface area contributed by atoms with Gasteiger partial charge in [0.05, 0.1) is 0 Å². The van der Waals surface area contributed by atoms with Crippen molar-refractivity contribution in [2.45, 2.75) is 18.9 Å². The molecule has 0 aliphatic carbocycles. The lowest BCUT2D eigenvalue weighted by atomic mass is 10.1. The molecule has 1 amide bonds. The molecule has 0 unspecified atom stereocenters. The molecule has 0 spiro atoms. The molecule has 0 saturated carbocycles. The van der Waals surface area contributed by atoms with E-state index in [0.717, 1.165) is 12.8 Å². The molecule has 3 rings (SSSR count). The summed E-state index contributed by atoms with van der Waals surface area (Å²) in [4.78, 5) is 22.2. The number of ether oxygens (including phenoxy) is 1. The maximum atomic E-state index is 12.4. The van der Waals surface area contributed by atoms with E-state index in [0.29, 0.717) is 29.6 Å². The van der Waals surface area contributed by atoms with Crippen molar-refractivity contribution in [3.63, 3.8) is 0 Å². The standard InChI is InChI=1S/C16H16ClN3O2/c17-13-3-1-2-12(10-13)16(21)20-8-5-14(6-9-20)22-15-4-7-18-11-19-15/h1-4,7,10-11,14H,5-6,8-9H2. The molecule has 5 nitrogen and oxygen atoms in total. The molecule has 1 saturated heterocycles. The molecule has 0 N–H and O–H groups in total. The van der Waals surface area contributed by atoms with Crippen LogP contribution in [-0.2, 0) is 0 Å². The first-order valence-electron chi connectivity index (χ1n) is 7.20. The Labute approximate surface area is 133 Å². The maximum Gasteiger partial charge on any atom is 0.253 e. The van der Waals surface area contributed by atoms with E-state index >= 15 is 0 Å². The number of nitrogens with zero attached hydrogens (tertiary/aromatic N) is 3. The predicted molar refractivity (Wildman–Crippen MR) is 83.0 cm³/mol. The van der Waals surface area contributed by atoms with Crippen LogP contribution < -0.4 is 4.74 Å². The van der Waals surface area contributed by atoms with Crippen molar-refractivity contribution in [3.8, 4) is 5.88 Å². The van der Waals surface area contributed by atoms with Gasteiger partial charge in [-0.05, 0) is 18.2 Å². The van der Waals surface area contributed by atoms with Gasteiger partial charge in [0.25, 0.3) is 5.91 Å². The summed E-state index contributed by atoms with van der Waals surface area (Å²) in [6.07, 6.45) is 4.78. The van der Waals surface area contributed by atoms with E-state index in [1.807, 2.05) is 4.90 Å². The van der Waals surface area contributed by atoms with Gasteiger partial charge in [-0.15, -0.1) is 0 Å². The second-order valence-electron chi connectivity index (χ2n) is 5.17. The molecule has 1 aromatic carbocycles. The van der Waals surface area contributed by atoms with Gasteiger partial charge in [-0.1, -0.05) is 17.7 Å². The number of benzene rings is 1. The van der Waals surface area contributed by atoms with Crippen molar-refractivity contribution in [2.24, 2.45) is 0 Å². The zero-order chi connectivity index (χ0) is 15.4. The van der Waals surface area contributed by atoms with Crippen molar-refractivity contribution in [3.05, 3.63) is 53.4 Å². The van der Waals surface area contributed by atoms with Crippen LogP contribution in [-0.4, -0.2) is 40.0 Å². The lowest BCUT2D eigenvalue weighted by molar-refractivity contribution is 0.0587. The van der Waals surface area contributed by atoms with Crippen LogP contribution in [0.4, 0.5) is 0 Å². The first-order valence-corrected chi connectivity index (χ1v) is 7.58. The van der Waals surface area contributed by atoms with Crippen LogP contribution in [0.15, 0.2) is 42.9 Å². The van der Waals surface area contributed by atoms with Gasteiger partial charge in [0.15, 0.2) is 0 Å². The Balaban J connectivity index is 1.56. The van der Waals surface area contributed by atoms with Crippen LogP contribution >= 0.6 is 11.6 Å². The number of piperidine rings is 1. The fraction of sp³-hybridized carbons (Fsp3) is 0.312. The van der Waals surface area contributed by atoms with Gasteiger partial charge in [-0.25, -0.2) is 9.97 Å². The number of halogens is 1. The van der Waals surface area contributed by atoms with E-state index in [-0.39, 0.29) is 12.0 Å². The van der Waals surface area contributed by atoms with Gasteiger partial charge in [-0.2, -0.15) is 0 Å². The van der Waals surface area contributed by atoms with Crippen LogP contribution in [0.5, 0.6) is 5.88 Å². The average molecular weight is 318 g/mol. The van der Waals surface area contributed by atoms with Crippen molar-refractivity contribution in [1.29, 1.82) is 0 Å². The molecule has 1 aromatic heterocycles. The van der Waals surface area contributed by atoms with Crippen LogP contribution in [0.25, 0.3) is 0 Å². The van der Waals surface area contributed by atoms with Crippen molar-refractivity contribution >= 4 is 17.5 Å². The summed E-state index contributed by atoms with van der Waals surface area (Å²) < 4.78 is 5.80. The van der Waals surface area contributed by atoms with E-state index in [1.54, 1.807) is 36.5 Å². The summed E-state index contributed by atoms with van der Waals surface area (Å²) in [5.74, 6) is 0.595. The third-order valence-electron chi connectivity index (χ3n) is 3.64.